The summed E-state index contributed by atoms with van der Waals surface area (Å²) in [6.45, 7) is 3.66. The van der Waals surface area contributed by atoms with Crippen LogP contribution in [0.2, 0.25) is 0 Å². The minimum absolute atomic E-state index is 0.0467. The van der Waals surface area contributed by atoms with E-state index in [2.05, 4.69) is 23.5 Å². The zero-order valence-corrected chi connectivity index (χ0v) is 10.7. The number of nitrogens with one attached hydrogen (secondary N) is 1. The van der Waals surface area contributed by atoms with E-state index in [0.717, 1.165) is 10.9 Å². The maximum atomic E-state index is 11.6. The van der Waals surface area contributed by atoms with E-state index in [9.17, 15) is 4.79 Å². The van der Waals surface area contributed by atoms with Crippen molar-refractivity contribution < 1.29 is 4.79 Å². The van der Waals surface area contributed by atoms with Crippen LogP contribution in [-0.2, 0) is 4.79 Å². The van der Waals surface area contributed by atoms with Crippen molar-refractivity contribution >= 4 is 16.7 Å². The molecule has 0 bridgehead atoms. The molecule has 2 aromatic carbocycles. The van der Waals surface area contributed by atoms with Crippen molar-refractivity contribution in [3.63, 3.8) is 0 Å². The average molecular weight is 242 g/mol. The quantitative estimate of drug-likeness (QED) is 0.868. The molecule has 0 aliphatic heterocycles. The molecule has 0 aromatic heterocycles. The first-order valence-corrected chi connectivity index (χ1v) is 6.13. The number of hydrogen-bond acceptors (Lipinski definition) is 2. The van der Waals surface area contributed by atoms with Crippen molar-refractivity contribution in [3.05, 3.63) is 48.0 Å². The van der Waals surface area contributed by atoms with Crippen LogP contribution in [-0.4, -0.2) is 11.9 Å². The van der Waals surface area contributed by atoms with Crippen LogP contribution < -0.4 is 11.1 Å². The molecule has 0 radical (unpaired) electrons. The van der Waals surface area contributed by atoms with E-state index in [0.29, 0.717) is 0 Å². The van der Waals surface area contributed by atoms with Gasteiger partial charge < -0.3 is 11.1 Å². The van der Waals surface area contributed by atoms with E-state index in [1.54, 1.807) is 6.92 Å². The Kier molecular flexibility index (Phi) is 3.63. The Bertz CT molecular complexity index is 558. The van der Waals surface area contributed by atoms with Gasteiger partial charge in [-0.25, -0.2) is 0 Å². The average Bonchev–Trinajstić information content (AvgIpc) is 2.37. The maximum absolute atomic E-state index is 11.6. The molecule has 3 heteroatoms. The van der Waals surface area contributed by atoms with Crippen LogP contribution in [0.5, 0.6) is 0 Å². The SMILES string of the molecule is CC(NC(=O)[C@@H](C)N)c1cccc2ccccc12. The van der Waals surface area contributed by atoms with Crippen LogP contribution in [0.3, 0.4) is 0 Å². The van der Waals surface area contributed by atoms with Crippen molar-refractivity contribution in [2.45, 2.75) is 25.9 Å². The molecular formula is C15H18N2O. The Hall–Kier alpha value is -1.87. The summed E-state index contributed by atoms with van der Waals surface area (Å²) in [5, 5.41) is 5.27. The monoisotopic (exact) mass is 242 g/mol. The predicted molar refractivity (Wildman–Crippen MR) is 74.2 cm³/mol. The number of benzene rings is 2. The Morgan fingerprint density at radius 1 is 1.11 bits per heavy atom. The van der Waals surface area contributed by atoms with Gasteiger partial charge in [0.05, 0.1) is 12.1 Å². The third-order valence-corrected chi connectivity index (χ3v) is 3.06. The fourth-order valence-electron chi connectivity index (χ4n) is 2.05. The van der Waals surface area contributed by atoms with E-state index >= 15 is 0 Å². The second kappa shape index (κ2) is 5.19. The minimum Gasteiger partial charge on any atom is -0.348 e. The number of carbonyl (C=O) groups is 1. The molecule has 2 atom stereocenters. The smallest absolute Gasteiger partial charge is 0.237 e. The molecule has 1 unspecified atom stereocenters. The highest BCUT2D eigenvalue weighted by Gasteiger charge is 2.14. The molecule has 0 saturated heterocycles. The highest BCUT2D eigenvalue weighted by Crippen LogP contribution is 2.23. The Morgan fingerprint density at radius 2 is 1.78 bits per heavy atom. The molecule has 0 spiro atoms. The molecule has 0 aliphatic carbocycles. The normalized spacial score (nSPS) is 14.2. The van der Waals surface area contributed by atoms with E-state index in [-0.39, 0.29) is 11.9 Å². The number of carbonyl (C=O) groups excluding carboxylic acids is 1. The molecule has 18 heavy (non-hydrogen) atoms. The van der Waals surface area contributed by atoms with E-state index < -0.39 is 6.04 Å². The maximum Gasteiger partial charge on any atom is 0.237 e. The van der Waals surface area contributed by atoms with Gasteiger partial charge in [0, 0.05) is 0 Å². The molecule has 0 saturated carbocycles. The topological polar surface area (TPSA) is 55.1 Å². The summed E-state index contributed by atoms with van der Waals surface area (Å²) >= 11 is 0. The molecule has 0 heterocycles. The lowest BCUT2D eigenvalue weighted by Crippen LogP contribution is -2.39. The molecule has 94 valence electrons. The van der Waals surface area contributed by atoms with Crippen LogP contribution in [0.25, 0.3) is 10.8 Å². The summed E-state index contributed by atoms with van der Waals surface area (Å²) in [7, 11) is 0. The highest BCUT2D eigenvalue weighted by molar-refractivity contribution is 5.87. The van der Waals surface area contributed by atoms with Crippen molar-refractivity contribution in [2.75, 3.05) is 0 Å². The van der Waals surface area contributed by atoms with Crippen molar-refractivity contribution in [1.82, 2.24) is 5.32 Å². The Morgan fingerprint density at radius 3 is 2.50 bits per heavy atom. The van der Waals surface area contributed by atoms with Gasteiger partial charge in [0.15, 0.2) is 0 Å². The first-order valence-electron chi connectivity index (χ1n) is 6.13. The number of rotatable bonds is 3. The van der Waals surface area contributed by atoms with E-state index in [1.807, 2.05) is 31.2 Å². The van der Waals surface area contributed by atoms with Crippen molar-refractivity contribution in [2.24, 2.45) is 5.73 Å². The lowest BCUT2D eigenvalue weighted by atomic mass is 9.99. The van der Waals surface area contributed by atoms with Gasteiger partial charge in [-0.3, -0.25) is 4.79 Å². The van der Waals surface area contributed by atoms with Gasteiger partial charge in [-0.15, -0.1) is 0 Å². The number of hydrogen-bond donors (Lipinski definition) is 2. The Balaban J connectivity index is 2.33. The van der Waals surface area contributed by atoms with Gasteiger partial charge >= 0.3 is 0 Å². The molecule has 0 fully saturated rings. The van der Waals surface area contributed by atoms with Crippen LogP contribution in [0, 0.1) is 0 Å². The van der Waals surface area contributed by atoms with Gasteiger partial charge in [-0.05, 0) is 30.2 Å². The third kappa shape index (κ3) is 2.51. The molecule has 2 rings (SSSR count). The third-order valence-electron chi connectivity index (χ3n) is 3.06. The van der Waals surface area contributed by atoms with Gasteiger partial charge in [0.2, 0.25) is 5.91 Å². The van der Waals surface area contributed by atoms with E-state index in [1.165, 1.54) is 5.39 Å². The summed E-state index contributed by atoms with van der Waals surface area (Å²) in [5.74, 6) is -0.129. The van der Waals surface area contributed by atoms with Crippen molar-refractivity contribution in [3.8, 4) is 0 Å². The summed E-state index contributed by atoms with van der Waals surface area (Å²) in [6, 6.07) is 13.7. The Labute approximate surface area is 107 Å². The lowest BCUT2D eigenvalue weighted by Gasteiger charge is -2.17. The zero-order valence-electron chi connectivity index (χ0n) is 10.7. The zero-order chi connectivity index (χ0) is 13.1. The summed E-state index contributed by atoms with van der Waals surface area (Å²) in [6.07, 6.45) is 0. The van der Waals surface area contributed by atoms with Crippen molar-refractivity contribution in [1.29, 1.82) is 0 Å². The van der Waals surface area contributed by atoms with Gasteiger partial charge in [-0.1, -0.05) is 42.5 Å². The summed E-state index contributed by atoms with van der Waals surface area (Å²) < 4.78 is 0. The fourth-order valence-corrected chi connectivity index (χ4v) is 2.05. The van der Waals surface area contributed by atoms with Gasteiger partial charge in [-0.2, -0.15) is 0 Å². The van der Waals surface area contributed by atoms with Crippen LogP contribution in [0.15, 0.2) is 42.5 Å². The molecule has 2 aromatic rings. The molecule has 0 aliphatic rings. The molecule has 1 amide bonds. The van der Waals surface area contributed by atoms with Crippen LogP contribution in [0.4, 0.5) is 0 Å². The summed E-state index contributed by atoms with van der Waals surface area (Å²) in [5.41, 5.74) is 6.68. The second-order valence-corrected chi connectivity index (χ2v) is 4.59. The number of fused-ring (bicyclic) bond motifs is 1. The molecule has 3 N–H and O–H groups in total. The standard InChI is InChI=1S/C15H18N2O/c1-10(16)15(18)17-11(2)13-9-5-7-12-6-3-4-8-14(12)13/h3-11H,16H2,1-2H3,(H,17,18)/t10-,11?/m1/s1. The van der Waals surface area contributed by atoms with E-state index in [4.69, 9.17) is 5.73 Å². The fraction of sp³-hybridized carbons (Fsp3) is 0.267. The van der Waals surface area contributed by atoms with Gasteiger partial charge in [0.25, 0.3) is 0 Å². The highest BCUT2D eigenvalue weighted by atomic mass is 16.2. The predicted octanol–water partition coefficient (Wildman–Crippen LogP) is 2.36. The van der Waals surface area contributed by atoms with Crippen LogP contribution in [0.1, 0.15) is 25.5 Å². The van der Waals surface area contributed by atoms with Gasteiger partial charge in [0.1, 0.15) is 0 Å². The molecule has 3 nitrogen and oxygen atoms in total. The second-order valence-electron chi connectivity index (χ2n) is 4.59. The number of nitrogens with two attached hydrogens (primary N) is 1. The van der Waals surface area contributed by atoms with Crippen LogP contribution >= 0.6 is 0 Å². The number of amides is 1. The minimum atomic E-state index is -0.484. The lowest BCUT2D eigenvalue weighted by molar-refractivity contribution is -0.122. The first-order chi connectivity index (χ1) is 8.59. The first kappa shape index (κ1) is 12.6. The summed E-state index contributed by atoms with van der Waals surface area (Å²) in [4.78, 5) is 11.6. The molecular weight excluding hydrogens is 224 g/mol. The largest absolute Gasteiger partial charge is 0.348 e.